The summed E-state index contributed by atoms with van der Waals surface area (Å²) in [6.45, 7) is 0.523. The fourth-order valence-corrected chi connectivity index (χ4v) is 4.55. The van der Waals surface area contributed by atoms with Crippen LogP contribution in [-0.4, -0.2) is 29.5 Å². The van der Waals surface area contributed by atoms with Crippen LogP contribution in [0.25, 0.3) is 28.3 Å². The Morgan fingerprint density at radius 1 is 0.921 bits per heavy atom. The lowest BCUT2D eigenvalue weighted by atomic mass is 10.1. The van der Waals surface area contributed by atoms with Gasteiger partial charge >= 0.3 is 0 Å². The summed E-state index contributed by atoms with van der Waals surface area (Å²) < 4.78 is 8.04. The molecule has 0 spiro atoms. The third-order valence-electron chi connectivity index (χ3n) is 6.64. The van der Waals surface area contributed by atoms with Gasteiger partial charge in [-0.2, -0.15) is 5.10 Å². The fraction of sp³-hybridized carbons (Fsp3) is 0.133. The molecule has 1 fully saturated rings. The summed E-state index contributed by atoms with van der Waals surface area (Å²) in [6.07, 6.45) is 6.17. The monoisotopic (exact) mass is 499 g/mol. The molecule has 4 heterocycles. The van der Waals surface area contributed by atoms with E-state index in [1.54, 1.807) is 6.20 Å². The molecule has 2 N–H and O–H groups in total. The number of fused-ring (bicyclic) bond motifs is 1. The van der Waals surface area contributed by atoms with Crippen molar-refractivity contribution in [1.29, 1.82) is 0 Å². The minimum atomic E-state index is 0.495. The van der Waals surface area contributed by atoms with Crippen LogP contribution in [0.5, 0.6) is 5.75 Å². The normalized spacial score (nSPS) is 13.1. The Morgan fingerprint density at radius 3 is 2.61 bits per heavy atom. The molecule has 0 amide bonds. The molecule has 0 unspecified atom stereocenters. The van der Waals surface area contributed by atoms with Crippen LogP contribution in [0, 0.1) is 0 Å². The van der Waals surface area contributed by atoms with E-state index in [9.17, 15) is 0 Å². The third-order valence-corrected chi connectivity index (χ3v) is 6.64. The highest BCUT2D eigenvalue weighted by Gasteiger charge is 2.26. The summed E-state index contributed by atoms with van der Waals surface area (Å²) in [5, 5.41) is 10.7. The number of hydrogen-bond acceptors (Lipinski definition) is 6. The summed E-state index contributed by atoms with van der Waals surface area (Å²) in [7, 11) is 0. The molecule has 1 aliphatic rings. The number of H-pyrrole nitrogens is 1. The zero-order valence-corrected chi connectivity index (χ0v) is 20.6. The number of benzene rings is 2. The van der Waals surface area contributed by atoms with E-state index in [1.165, 1.54) is 12.8 Å². The van der Waals surface area contributed by atoms with E-state index in [4.69, 9.17) is 14.7 Å². The molecule has 186 valence electrons. The highest BCUT2D eigenvalue weighted by molar-refractivity contribution is 5.81. The van der Waals surface area contributed by atoms with Crippen LogP contribution >= 0.6 is 0 Å². The highest BCUT2D eigenvalue weighted by atomic mass is 16.5. The van der Waals surface area contributed by atoms with Crippen LogP contribution in [0.2, 0.25) is 0 Å². The van der Waals surface area contributed by atoms with Gasteiger partial charge in [0.25, 0.3) is 0 Å². The van der Waals surface area contributed by atoms with Gasteiger partial charge in [0.15, 0.2) is 0 Å². The molecule has 7 rings (SSSR count). The number of pyridine rings is 1. The molecule has 0 atom stereocenters. The van der Waals surface area contributed by atoms with Crippen LogP contribution in [0.1, 0.15) is 30.0 Å². The number of nitrogens with one attached hydrogen (secondary N) is 2. The van der Waals surface area contributed by atoms with E-state index < -0.39 is 0 Å². The molecule has 0 aliphatic heterocycles. The van der Waals surface area contributed by atoms with Crippen molar-refractivity contribution in [1.82, 2.24) is 29.5 Å². The Kier molecular flexibility index (Phi) is 5.55. The number of hydrogen-bond donors (Lipinski definition) is 2. The molecule has 8 heteroatoms. The zero-order chi connectivity index (χ0) is 25.3. The molecular weight excluding hydrogens is 474 g/mol. The van der Waals surface area contributed by atoms with Crippen molar-refractivity contribution in [2.45, 2.75) is 25.4 Å². The van der Waals surface area contributed by atoms with Gasteiger partial charge in [0, 0.05) is 29.9 Å². The van der Waals surface area contributed by atoms with Crippen LogP contribution in [0.15, 0.2) is 97.3 Å². The summed E-state index contributed by atoms with van der Waals surface area (Å²) in [5.74, 6) is 2.66. The number of nitrogens with zero attached hydrogens (tertiary/aromatic N) is 5. The average molecular weight is 500 g/mol. The van der Waals surface area contributed by atoms with Crippen molar-refractivity contribution in [3.63, 3.8) is 0 Å². The van der Waals surface area contributed by atoms with Crippen LogP contribution < -0.4 is 10.1 Å². The van der Waals surface area contributed by atoms with E-state index in [-0.39, 0.29) is 0 Å². The van der Waals surface area contributed by atoms with Gasteiger partial charge in [-0.3, -0.25) is 9.50 Å². The van der Waals surface area contributed by atoms with Crippen molar-refractivity contribution in [3.05, 3.63) is 109 Å². The zero-order valence-electron chi connectivity index (χ0n) is 20.6. The van der Waals surface area contributed by atoms with Gasteiger partial charge in [-0.1, -0.05) is 36.4 Å². The molecular formula is C30H25N7O. The largest absolute Gasteiger partial charge is 0.489 e. The molecule has 38 heavy (non-hydrogen) atoms. The first-order valence-corrected chi connectivity index (χ1v) is 12.7. The topological polar surface area (TPSA) is 93.0 Å². The van der Waals surface area contributed by atoms with Crippen LogP contribution in [0.3, 0.4) is 0 Å². The molecule has 0 bridgehead atoms. The lowest BCUT2D eigenvalue weighted by molar-refractivity contribution is 0.306. The molecule has 0 radical (unpaired) electrons. The summed E-state index contributed by atoms with van der Waals surface area (Å²) >= 11 is 0. The molecule has 1 aliphatic carbocycles. The van der Waals surface area contributed by atoms with E-state index in [1.807, 2.05) is 79.0 Å². The minimum Gasteiger partial charge on any atom is -0.489 e. The quantitative estimate of drug-likeness (QED) is 0.252. The van der Waals surface area contributed by atoms with Gasteiger partial charge < -0.3 is 10.1 Å². The number of ether oxygens (including phenoxy) is 1. The number of anilines is 2. The van der Waals surface area contributed by atoms with Crippen molar-refractivity contribution in [3.8, 4) is 28.4 Å². The fourth-order valence-electron chi connectivity index (χ4n) is 4.55. The maximum Gasteiger partial charge on any atom is 0.228 e. The van der Waals surface area contributed by atoms with Crippen molar-refractivity contribution in [2.24, 2.45) is 0 Å². The third kappa shape index (κ3) is 4.48. The Bertz CT molecular complexity index is 1700. The van der Waals surface area contributed by atoms with E-state index >= 15 is 0 Å². The summed E-state index contributed by atoms with van der Waals surface area (Å²) in [5.41, 5.74) is 6.54. The second-order valence-corrected chi connectivity index (χ2v) is 9.41. The molecule has 6 aromatic rings. The molecule has 4 aromatic heterocycles. The Balaban J connectivity index is 1.20. The van der Waals surface area contributed by atoms with Gasteiger partial charge in [0.2, 0.25) is 5.95 Å². The first-order valence-electron chi connectivity index (χ1n) is 12.7. The van der Waals surface area contributed by atoms with E-state index in [0.29, 0.717) is 18.5 Å². The molecule has 1 saturated carbocycles. The van der Waals surface area contributed by atoms with E-state index in [2.05, 4.69) is 37.0 Å². The number of aromatic nitrogens is 6. The van der Waals surface area contributed by atoms with Crippen molar-refractivity contribution < 1.29 is 4.74 Å². The van der Waals surface area contributed by atoms with E-state index in [0.717, 1.165) is 51.1 Å². The number of aromatic amines is 1. The van der Waals surface area contributed by atoms with Gasteiger partial charge in [-0.15, -0.1) is 0 Å². The van der Waals surface area contributed by atoms with Crippen molar-refractivity contribution in [2.75, 3.05) is 5.32 Å². The number of rotatable bonds is 8. The molecule has 8 nitrogen and oxygen atoms in total. The lowest BCUT2D eigenvalue weighted by Crippen LogP contribution is -2.00. The van der Waals surface area contributed by atoms with Gasteiger partial charge in [-0.25, -0.2) is 15.0 Å². The average Bonchev–Trinajstić information content (AvgIpc) is 3.59. The smallest absolute Gasteiger partial charge is 0.228 e. The maximum atomic E-state index is 5.99. The second kappa shape index (κ2) is 9.48. The summed E-state index contributed by atoms with van der Waals surface area (Å²) in [6, 6.07) is 28.1. The maximum absolute atomic E-state index is 5.99. The van der Waals surface area contributed by atoms with Crippen LogP contribution in [-0.2, 0) is 6.61 Å². The van der Waals surface area contributed by atoms with Gasteiger partial charge in [0.1, 0.15) is 23.8 Å². The standard InChI is InChI=1S/C30H25N7O/c1-2-6-20(7-3-1)19-38-23-13-11-22(12-14-23)28-29(37-17-5-4-8-27(37)34-28)24-15-16-31-30(32-24)33-26-18-25(35-36-26)21-9-10-21/h1-8,11-18,21H,9-10,19H2,(H2,31,32,33,35,36). The Hall–Kier alpha value is -4.98. The molecule has 2 aromatic carbocycles. The second-order valence-electron chi connectivity index (χ2n) is 9.41. The van der Waals surface area contributed by atoms with Gasteiger partial charge in [0.05, 0.1) is 22.8 Å². The summed E-state index contributed by atoms with van der Waals surface area (Å²) in [4.78, 5) is 14.2. The Morgan fingerprint density at radius 2 is 1.76 bits per heavy atom. The van der Waals surface area contributed by atoms with Crippen molar-refractivity contribution >= 4 is 17.4 Å². The first-order chi connectivity index (χ1) is 18.8. The van der Waals surface area contributed by atoms with Crippen LogP contribution in [0.4, 0.5) is 11.8 Å². The number of imidazole rings is 1. The lowest BCUT2D eigenvalue weighted by Gasteiger charge is -2.09. The first kappa shape index (κ1) is 22.2. The minimum absolute atomic E-state index is 0.495. The predicted molar refractivity (Wildman–Crippen MR) is 146 cm³/mol. The molecule has 0 saturated heterocycles. The highest BCUT2D eigenvalue weighted by Crippen LogP contribution is 2.39. The Labute approximate surface area is 219 Å². The predicted octanol–water partition coefficient (Wildman–Crippen LogP) is 6.38. The van der Waals surface area contributed by atoms with Gasteiger partial charge in [-0.05, 0) is 60.9 Å². The SMILES string of the molecule is c1ccc(COc2ccc(-c3nc4ccccn4c3-c3ccnc(Nc4cc(C5CC5)n[nH]4)n3)cc2)cc1.